The minimum Gasteiger partial charge on any atom is -0.465 e. The lowest BCUT2D eigenvalue weighted by atomic mass is 9.88. The van der Waals surface area contributed by atoms with Crippen LogP contribution in [0.15, 0.2) is 141 Å². The molecule has 2 aliphatic heterocycles. The highest BCUT2D eigenvalue weighted by Crippen LogP contribution is 2.34. The van der Waals surface area contributed by atoms with E-state index in [0.717, 1.165) is 125 Å². The molecule has 8 aromatic rings. The van der Waals surface area contributed by atoms with Crippen LogP contribution in [0.5, 0.6) is 0 Å². The predicted octanol–water partition coefficient (Wildman–Crippen LogP) is 9.69. The van der Waals surface area contributed by atoms with Crippen molar-refractivity contribution in [2.75, 3.05) is 66.5 Å². The molecule has 4 fully saturated rings. The lowest BCUT2D eigenvalue weighted by Crippen LogP contribution is -2.53. The lowest BCUT2D eigenvalue weighted by Gasteiger charge is -2.42. The maximum Gasteiger partial charge on any atom is 0.407 e. The Hall–Kier alpha value is -8.01. The largest absolute Gasteiger partial charge is 0.465 e. The van der Waals surface area contributed by atoms with E-state index in [9.17, 15) is 37.9 Å². The SMILES string of the molecule is CN1CCCN(Cc2ccc(-c3cccc(-n4c(=O)n([C@H]5CC[C@@H](N(C(=O)O)C(C)(C)C)CC5)c(=O)c5cc(F)cnc54)c3)cc2)CC1.CN1CCCN(Cc2ccc(-c3cccc(-n4c(=O)n([C@H]5CC[C@@H](N)CC5)c(=O)c5cc(F)cnc54)c3)cc2)CC1. The molecule has 2 saturated carbocycles. The Balaban J connectivity index is 0.000000186. The second kappa shape index (κ2) is 27.0. The van der Waals surface area contributed by atoms with Gasteiger partial charge < -0.3 is 25.5 Å². The van der Waals surface area contributed by atoms with Crippen LogP contribution >= 0.6 is 0 Å². The second-order valence-corrected chi connectivity index (χ2v) is 25.9. The van der Waals surface area contributed by atoms with Gasteiger partial charge in [0.25, 0.3) is 11.1 Å². The molecule has 2 saturated heterocycles. The molecule has 4 aromatic heterocycles. The Labute approximate surface area is 517 Å². The Morgan fingerprint density at radius 2 is 0.966 bits per heavy atom. The van der Waals surface area contributed by atoms with Crippen LogP contribution in [0.25, 0.3) is 55.7 Å². The number of hydrogen-bond donors (Lipinski definition) is 2. The minimum absolute atomic E-state index is 0.0213. The number of rotatable bonds is 11. The molecule has 18 nitrogen and oxygen atoms in total. The molecule has 0 atom stereocenters. The molecule has 6 heterocycles. The summed E-state index contributed by atoms with van der Waals surface area (Å²) in [4.78, 5) is 87.2. The zero-order valence-corrected chi connectivity index (χ0v) is 51.7. The number of pyridine rings is 2. The van der Waals surface area contributed by atoms with Gasteiger partial charge in [0.2, 0.25) is 0 Å². The molecule has 0 unspecified atom stereocenters. The maximum atomic E-state index is 14.5. The number of amides is 1. The number of likely N-dealkylation sites (N-methyl/N-ethyl adjacent to an activating group) is 2. The van der Waals surface area contributed by atoms with Crippen molar-refractivity contribution in [2.24, 2.45) is 5.73 Å². The van der Waals surface area contributed by atoms with Gasteiger partial charge in [-0.25, -0.2) is 42.3 Å². The molecule has 0 radical (unpaired) electrons. The van der Waals surface area contributed by atoms with Crippen molar-refractivity contribution in [1.82, 2.24) is 52.7 Å². The quantitative estimate of drug-likeness (QED) is 0.124. The number of fused-ring (bicyclic) bond motifs is 2. The fraction of sp³-hybridized carbons (Fsp3) is 0.435. The van der Waals surface area contributed by atoms with E-state index in [2.05, 4.69) is 92.2 Å². The third-order valence-corrected chi connectivity index (χ3v) is 18.4. The first kappa shape index (κ1) is 62.6. The molecule has 89 heavy (non-hydrogen) atoms. The van der Waals surface area contributed by atoms with Crippen molar-refractivity contribution < 1.29 is 18.7 Å². The monoisotopic (exact) mass is 1210 g/mol. The minimum atomic E-state index is -0.988. The first-order chi connectivity index (χ1) is 42.8. The molecule has 468 valence electrons. The zero-order valence-electron chi connectivity index (χ0n) is 51.7. The zero-order chi connectivity index (χ0) is 62.7. The standard InChI is InChI=1S/C37H45FN6O4.C32H37FN6O2/c1-37(2,3)44(36(47)48)30-15-13-29(14-16-30)43-34(45)32-22-28(38)23-39-33(32)42(35(43)46)31-8-5-7-27(21-31)26-11-9-25(10-12-26)24-41-18-6-17-40(4)19-20-41;1-36-14-3-15-37(17-16-36)21-22-6-8-23(9-7-22)24-4-2-5-28(18-24)38-30-29(19-25(33)20-35-30)31(40)39(32(38)41)27-12-10-26(34)11-13-27/h5,7-12,21-23,29-30H,6,13-20,24H2,1-4H3,(H,47,48);2,4-9,18-20,26-27H,3,10-17,21,34H2,1H3/t29-,30+;26-,27+. The Kier molecular flexibility index (Phi) is 19.0. The van der Waals surface area contributed by atoms with Gasteiger partial charge in [-0.05, 0) is 195 Å². The highest BCUT2D eigenvalue weighted by molar-refractivity contribution is 5.78. The summed E-state index contributed by atoms with van der Waals surface area (Å²) in [5, 5.41) is 10.0. The normalized spacial score (nSPS) is 20.2. The van der Waals surface area contributed by atoms with E-state index in [1.165, 1.54) is 46.8 Å². The first-order valence-electron chi connectivity index (χ1n) is 31.4. The van der Waals surface area contributed by atoms with Crippen LogP contribution in [0.1, 0.15) is 108 Å². The number of nitrogens with zero attached hydrogens (tertiary/aromatic N) is 11. The molecule has 2 aliphatic carbocycles. The highest BCUT2D eigenvalue weighted by atomic mass is 19.1. The molecule has 1 amide bonds. The summed E-state index contributed by atoms with van der Waals surface area (Å²) in [6.07, 6.45) is 8.02. The summed E-state index contributed by atoms with van der Waals surface area (Å²) < 4.78 is 34.1. The summed E-state index contributed by atoms with van der Waals surface area (Å²) in [7, 11) is 4.35. The van der Waals surface area contributed by atoms with Gasteiger partial charge in [-0.15, -0.1) is 0 Å². The van der Waals surface area contributed by atoms with Crippen molar-refractivity contribution >= 4 is 28.2 Å². The molecule has 12 rings (SSSR count). The average Bonchev–Trinajstić information content (AvgIpc) is 2.25. The summed E-state index contributed by atoms with van der Waals surface area (Å²) in [5.41, 5.74) is 11.1. The predicted molar refractivity (Wildman–Crippen MR) is 345 cm³/mol. The Morgan fingerprint density at radius 3 is 1.37 bits per heavy atom. The molecule has 0 spiro atoms. The van der Waals surface area contributed by atoms with Crippen molar-refractivity contribution in [2.45, 2.75) is 128 Å². The van der Waals surface area contributed by atoms with Gasteiger partial charge in [0.15, 0.2) is 11.3 Å². The fourth-order valence-electron chi connectivity index (χ4n) is 13.7. The van der Waals surface area contributed by atoms with Crippen LogP contribution in [0, 0.1) is 11.6 Å². The maximum absolute atomic E-state index is 14.5. The van der Waals surface area contributed by atoms with Gasteiger partial charge in [0.1, 0.15) is 11.6 Å². The van der Waals surface area contributed by atoms with Crippen molar-refractivity contribution in [3.05, 3.63) is 186 Å². The number of nitrogens with two attached hydrogens (primary N) is 1. The molecule has 4 aromatic carbocycles. The van der Waals surface area contributed by atoms with Crippen LogP contribution in [0.3, 0.4) is 0 Å². The topological polar surface area (TPSA) is 193 Å². The third-order valence-electron chi connectivity index (χ3n) is 18.4. The molecular weight excluding hydrogens is 1130 g/mol. The van der Waals surface area contributed by atoms with Gasteiger partial charge in [-0.1, -0.05) is 72.8 Å². The van der Waals surface area contributed by atoms with E-state index in [1.807, 2.05) is 63.2 Å². The second-order valence-electron chi connectivity index (χ2n) is 25.9. The van der Waals surface area contributed by atoms with Crippen LogP contribution in [-0.4, -0.2) is 148 Å². The van der Waals surface area contributed by atoms with E-state index >= 15 is 0 Å². The molecule has 4 aliphatic rings. The summed E-state index contributed by atoms with van der Waals surface area (Å²) in [6, 6.07) is 33.6. The molecule has 0 bridgehead atoms. The summed E-state index contributed by atoms with van der Waals surface area (Å²) >= 11 is 0. The summed E-state index contributed by atoms with van der Waals surface area (Å²) in [5.74, 6) is -1.28. The van der Waals surface area contributed by atoms with E-state index in [-0.39, 0.29) is 40.2 Å². The van der Waals surface area contributed by atoms with Crippen LogP contribution < -0.4 is 28.2 Å². The molecule has 20 heteroatoms. The number of halogens is 2. The van der Waals surface area contributed by atoms with E-state index in [1.54, 1.807) is 6.07 Å². The smallest absolute Gasteiger partial charge is 0.407 e. The number of aromatic nitrogens is 6. The van der Waals surface area contributed by atoms with Crippen LogP contribution in [0.4, 0.5) is 13.6 Å². The fourth-order valence-corrected chi connectivity index (χ4v) is 13.7. The van der Waals surface area contributed by atoms with Gasteiger partial charge in [-0.2, -0.15) is 0 Å². The van der Waals surface area contributed by atoms with Gasteiger partial charge >= 0.3 is 17.5 Å². The van der Waals surface area contributed by atoms with Gasteiger partial charge in [0.05, 0.1) is 34.5 Å². The highest BCUT2D eigenvalue weighted by Gasteiger charge is 2.37. The van der Waals surface area contributed by atoms with E-state index in [0.29, 0.717) is 49.9 Å². The van der Waals surface area contributed by atoms with Gasteiger partial charge in [-0.3, -0.25) is 28.5 Å². The van der Waals surface area contributed by atoms with Crippen molar-refractivity contribution in [3.8, 4) is 33.6 Å². The number of hydrogen-bond acceptors (Lipinski definition) is 12. The Morgan fingerprint density at radius 1 is 0.551 bits per heavy atom. The third kappa shape index (κ3) is 14.1. The van der Waals surface area contributed by atoms with E-state index < -0.39 is 51.8 Å². The van der Waals surface area contributed by atoms with Crippen molar-refractivity contribution in [1.29, 1.82) is 0 Å². The average molecular weight is 1210 g/mol. The number of benzene rings is 4. The van der Waals surface area contributed by atoms with Gasteiger partial charge in [0, 0.05) is 69.0 Å². The first-order valence-corrected chi connectivity index (χ1v) is 31.4. The number of carboxylic acid groups (broad SMARTS) is 1. The van der Waals surface area contributed by atoms with E-state index in [4.69, 9.17) is 5.73 Å². The summed E-state index contributed by atoms with van der Waals surface area (Å²) in [6.45, 7) is 16.1. The molecular formula is C69H82F2N12O6. The van der Waals surface area contributed by atoms with Crippen molar-refractivity contribution in [3.63, 3.8) is 0 Å². The Bertz CT molecular complexity index is 4090. The molecule has 3 N–H and O–H groups in total. The lowest BCUT2D eigenvalue weighted by molar-refractivity contribution is 0.0506. The number of carbonyl (C=O) groups is 1. The van der Waals surface area contributed by atoms with Crippen LogP contribution in [0.2, 0.25) is 0 Å². The van der Waals surface area contributed by atoms with Crippen LogP contribution in [-0.2, 0) is 13.1 Å².